The number of carbonyl (C=O) groups is 1. The Labute approximate surface area is 146 Å². The van der Waals surface area contributed by atoms with Crippen LogP contribution in [-0.4, -0.2) is 30.0 Å². The molecule has 6 nitrogen and oxygen atoms in total. The van der Waals surface area contributed by atoms with Crippen LogP contribution < -0.4 is 5.32 Å². The summed E-state index contributed by atoms with van der Waals surface area (Å²) in [6.45, 7) is 3.73. The van der Waals surface area contributed by atoms with Gasteiger partial charge in [-0.15, -0.1) is 0 Å². The molecule has 0 unspecified atom stereocenters. The molecule has 0 bridgehead atoms. The van der Waals surface area contributed by atoms with Crippen molar-refractivity contribution >= 4 is 27.1 Å². The summed E-state index contributed by atoms with van der Waals surface area (Å²) in [6.07, 6.45) is 5.03. The number of nitrogens with zero attached hydrogens (tertiary/aromatic N) is 2. The van der Waals surface area contributed by atoms with Crippen molar-refractivity contribution in [1.29, 1.82) is 0 Å². The van der Waals surface area contributed by atoms with Crippen molar-refractivity contribution in [2.45, 2.75) is 25.2 Å². The minimum atomic E-state index is -3.26. The Balaban J connectivity index is 1.77. The molecule has 2 heterocycles. The van der Waals surface area contributed by atoms with Crippen molar-refractivity contribution in [3.05, 3.63) is 59.5 Å². The van der Waals surface area contributed by atoms with Crippen LogP contribution in [0.2, 0.25) is 0 Å². The Morgan fingerprint density at radius 2 is 1.96 bits per heavy atom. The summed E-state index contributed by atoms with van der Waals surface area (Å²) < 4.78 is 25.0. The number of imidazole rings is 1. The zero-order valence-corrected chi connectivity index (χ0v) is 15.1. The van der Waals surface area contributed by atoms with Crippen LogP contribution in [0.15, 0.2) is 47.6 Å². The predicted molar refractivity (Wildman–Crippen MR) is 96.6 cm³/mol. The number of hydrogen-bond acceptors (Lipinski definition) is 4. The van der Waals surface area contributed by atoms with Crippen LogP contribution >= 0.6 is 0 Å². The minimum Gasteiger partial charge on any atom is -0.326 e. The van der Waals surface area contributed by atoms with Crippen LogP contribution in [0.5, 0.6) is 0 Å². The van der Waals surface area contributed by atoms with Crippen molar-refractivity contribution in [2.24, 2.45) is 0 Å². The summed E-state index contributed by atoms with van der Waals surface area (Å²) in [4.78, 5) is 17.0. The Kier molecular flexibility index (Phi) is 4.34. The zero-order valence-electron chi connectivity index (χ0n) is 14.3. The number of hydrogen-bond donors (Lipinski definition) is 1. The molecule has 3 rings (SSSR count). The maximum atomic E-state index is 12.3. The van der Waals surface area contributed by atoms with Crippen molar-refractivity contribution in [3.63, 3.8) is 0 Å². The van der Waals surface area contributed by atoms with Gasteiger partial charge in [0.15, 0.2) is 9.84 Å². The van der Waals surface area contributed by atoms with Gasteiger partial charge in [0, 0.05) is 24.3 Å². The first-order valence-electron chi connectivity index (χ1n) is 7.78. The molecule has 0 aliphatic carbocycles. The van der Waals surface area contributed by atoms with Gasteiger partial charge in [0.1, 0.15) is 5.65 Å². The summed E-state index contributed by atoms with van der Waals surface area (Å²) in [5, 5.41) is 2.81. The standard InChI is InChI=1S/C18H19N3O3S/c1-12-5-4-8-21-11-14(19-18(12)21)10-17(22)20-16-7-6-15(9-13(16)2)25(3,23)24/h4-9,11H,10H2,1-3H3,(H,20,22). The first-order chi connectivity index (χ1) is 11.7. The molecule has 7 heteroatoms. The molecule has 3 aromatic rings. The van der Waals surface area contributed by atoms with Gasteiger partial charge in [-0.2, -0.15) is 0 Å². The van der Waals surface area contributed by atoms with Gasteiger partial charge < -0.3 is 9.72 Å². The average Bonchev–Trinajstić information content (AvgIpc) is 2.92. The molecule has 0 aliphatic rings. The highest BCUT2D eigenvalue weighted by Gasteiger charge is 2.12. The summed E-state index contributed by atoms with van der Waals surface area (Å²) in [6, 6.07) is 8.56. The van der Waals surface area contributed by atoms with Crippen LogP contribution in [0.25, 0.3) is 5.65 Å². The van der Waals surface area contributed by atoms with Gasteiger partial charge in [-0.1, -0.05) is 6.07 Å². The predicted octanol–water partition coefficient (Wildman–Crippen LogP) is 2.54. The summed E-state index contributed by atoms with van der Waals surface area (Å²) in [5.41, 5.74) is 3.84. The lowest BCUT2D eigenvalue weighted by atomic mass is 10.2. The van der Waals surface area contributed by atoms with Gasteiger partial charge in [-0.05, 0) is 49.2 Å². The van der Waals surface area contributed by atoms with E-state index in [2.05, 4.69) is 10.3 Å². The third kappa shape index (κ3) is 3.71. The number of sulfone groups is 1. The molecule has 1 aromatic carbocycles. The highest BCUT2D eigenvalue weighted by atomic mass is 32.2. The first kappa shape index (κ1) is 17.2. The quantitative estimate of drug-likeness (QED) is 0.778. The second-order valence-electron chi connectivity index (χ2n) is 6.13. The second kappa shape index (κ2) is 6.33. The number of benzene rings is 1. The van der Waals surface area contributed by atoms with Gasteiger partial charge in [-0.3, -0.25) is 4.79 Å². The van der Waals surface area contributed by atoms with Crippen LogP contribution in [-0.2, 0) is 21.1 Å². The van der Waals surface area contributed by atoms with E-state index in [0.29, 0.717) is 16.9 Å². The molecule has 0 fully saturated rings. The largest absolute Gasteiger partial charge is 0.326 e. The molecule has 0 aliphatic heterocycles. The van der Waals surface area contributed by atoms with E-state index in [9.17, 15) is 13.2 Å². The molecule has 0 saturated heterocycles. The summed E-state index contributed by atoms with van der Waals surface area (Å²) >= 11 is 0. The highest BCUT2D eigenvalue weighted by Crippen LogP contribution is 2.20. The number of aromatic nitrogens is 2. The number of aryl methyl sites for hydroxylation is 2. The molecule has 0 spiro atoms. The van der Waals surface area contributed by atoms with E-state index in [4.69, 9.17) is 0 Å². The molecule has 25 heavy (non-hydrogen) atoms. The fourth-order valence-corrected chi connectivity index (χ4v) is 3.36. The molecular weight excluding hydrogens is 338 g/mol. The van der Waals surface area contributed by atoms with Crippen molar-refractivity contribution in [3.8, 4) is 0 Å². The molecule has 2 aromatic heterocycles. The van der Waals surface area contributed by atoms with Crippen molar-refractivity contribution in [1.82, 2.24) is 9.38 Å². The zero-order chi connectivity index (χ0) is 18.2. The second-order valence-corrected chi connectivity index (χ2v) is 8.14. The number of amides is 1. The lowest BCUT2D eigenvalue weighted by Crippen LogP contribution is -2.15. The van der Waals surface area contributed by atoms with E-state index in [-0.39, 0.29) is 17.2 Å². The maximum absolute atomic E-state index is 12.3. The normalized spacial score (nSPS) is 11.6. The third-order valence-corrected chi connectivity index (χ3v) is 5.08. The van der Waals surface area contributed by atoms with Gasteiger partial charge in [0.2, 0.25) is 5.91 Å². The average molecular weight is 357 g/mol. The summed E-state index contributed by atoms with van der Waals surface area (Å²) in [7, 11) is -3.26. The number of fused-ring (bicyclic) bond motifs is 1. The fourth-order valence-electron chi connectivity index (χ4n) is 2.66. The fraction of sp³-hybridized carbons (Fsp3) is 0.222. The molecule has 0 atom stereocenters. The first-order valence-corrected chi connectivity index (χ1v) is 9.67. The van der Waals surface area contributed by atoms with E-state index in [1.165, 1.54) is 6.07 Å². The maximum Gasteiger partial charge on any atom is 0.230 e. The van der Waals surface area contributed by atoms with E-state index < -0.39 is 9.84 Å². The SMILES string of the molecule is Cc1cc(S(C)(=O)=O)ccc1NC(=O)Cc1cn2cccc(C)c2n1. The number of anilines is 1. The molecule has 1 amide bonds. The monoisotopic (exact) mass is 357 g/mol. The molecular formula is C18H19N3O3S. The van der Waals surface area contributed by atoms with E-state index in [1.54, 1.807) is 19.1 Å². The molecule has 0 radical (unpaired) electrons. The van der Waals surface area contributed by atoms with Crippen LogP contribution in [0.1, 0.15) is 16.8 Å². The van der Waals surface area contributed by atoms with E-state index in [1.807, 2.05) is 35.9 Å². The lowest BCUT2D eigenvalue weighted by molar-refractivity contribution is -0.115. The Hall–Kier alpha value is -2.67. The van der Waals surface area contributed by atoms with Crippen LogP contribution in [0, 0.1) is 13.8 Å². The van der Waals surface area contributed by atoms with Gasteiger partial charge >= 0.3 is 0 Å². The summed E-state index contributed by atoms with van der Waals surface area (Å²) in [5.74, 6) is -0.198. The van der Waals surface area contributed by atoms with Crippen LogP contribution in [0.4, 0.5) is 5.69 Å². The van der Waals surface area contributed by atoms with Crippen LogP contribution in [0.3, 0.4) is 0 Å². The number of rotatable bonds is 4. The van der Waals surface area contributed by atoms with Gasteiger partial charge in [0.25, 0.3) is 0 Å². The topological polar surface area (TPSA) is 80.5 Å². The number of nitrogens with one attached hydrogen (secondary N) is 1. The van der Waals surface area contributed by atoms with Crippen molar-refractivity contribution < 1.29 is 13.2 Å². The number of carbonyl (C=O) groups excluding carboxylic acids is 1. The third-order valence-electron chi connectivity index (χ3n) is 3.97. The van der Waals surface area contributed by atoms with Gasteiger partial charge in [0.05, 0.1) is 17.0 Å². The van der Waals surface area contributed by atoms with E-state index >= 15 is 0 Å². The highest BCUT2D eigenvalue weighted by molar-refractivity contribution is 7.90. The Morgan fingerprint density at radius 1 is 1.20 bits per heavy atom. The van der Waals surface area contributed by atoms with Gasteiger partial charge in [-0.25, -0.2) is 13.4 Å². The Bertz CT molecular complexity index is 1070. The molecule has 130 valence electrons. The lowest BCUT2D eigenvalue weighted by Gasteiger charge is -2.09. The molecule has 1 N–H and O–H groups in total. The minimum absolute atomic E-state index is 0.147. The van der Waals surface area contributed by atoms with Crippen molar-refractivity contribution in [2.75, 3.05) is 11.6 Å². The van der Waals surface area contributed by atoms with E-state index in [0.717, 1.165) is 17.5 Å². The smallest absolute Gasteiger partial charge is 0.230 e. The number of pyridine rings is 1. The Morgan fingerprint density at radius 3 is 2.60 bits per heavy atom. The molecule has 0 saturated carbocycles.